The number of nitrogens with one attached hydrogen (secondary N) is 1. The van der Waals surface area contributed by atoms with Crippen LogP contribution < -0.4 is 17.0 Å². The molecule has 0 atom stereocenters. The van der Waals surface area contributed by atoms with Gasteiger partial charge in [-0.3, -0.25) is 9.69 Å². The molecule has 1 aromatic heterocycles. The van der Waals surface area contributed by atoms with Crippen molar-refractivity contribution in [2.45, 2.75) is 25.8 Å². The number of carbonyl (C=O) groups excluding carboxylic acids is 1. The van der Waals surface area contributed by atoms with E-state index in [1.807, 2.05) is 0 Å². The van der Waals surface area contributed by atoms with Crippen LogP contribution in [0.2, 0.25) is 5.02 Å². The van der Waals surface area contributed by atoms with Gasteiger partial charge < -0.3 is 11.2 Å². The van der Waals surface area contributed by atoms with Crippen molar-refractivity contribution in [3.05, 3.63) is 22.8 Å². The van der Waals surface area contributed by atoms with E-state index in [9.17, 15) is 4.79 Å². The van der Waals surface area contributed by atoms with E-state index < -0.39 is 0 Å². The van der Waals surface area contributed by atoms with Crippen LogP contribution in [0.5, 0.6) is 0 Å². The number of hydrogen-bond acceptors (Lipinski definition) is 5. The van der Waals surface area contributed by atoms with E-state index >= 15 is 0 Å². The van der Waals surface area contributed by atoms with Crippen LogP contribution in [0, 0.1) is 5.92 Å². The number of halogens is 1. The summed E-state index contributed by atoms with van der Waals surface area (Å²) >= 11 is 6.15. The van der Waals surface area contributed by atoms with Gasteiger partial charge in [0.25, 0.3) is 0 Å². The number of likely N-dealkylation sites (tertiary alicyclic amines) is 1. The number of piperidine rings is 1. The second-order valence-corrected chi connectivity index (χ2v) is 5.57. The molecule has 0 unspecified atom stereocenters. The van der Waals surface area contributed by atoms with Gasteiger partial charge in [-0.1, -0.05) is 11.6 Å². The minimum atomic E-state index is -0.213. The maximum Gasteiger partial charge on any atom is 0.217 e. The van der Waals surface area contributed by atoms with Gasteiger partial charge in [-0.05, 0) is 44.0 Å². The zero-order chi connectivity index (χ0) is 14.5. The van der Waals surface area contributed by atoms with Gasteiger partial charge in [0.05, 0.1) is 10.7 Å². The molecule has 1 aromatic rings. The van der Waals surface area contributed by atoms with E-state index in [4.69, 9.17) is 23.2 Å². The van der Waals surface area contributed by atoms with Crippen LogP contribution in [-0.2, 0) is 11.3 Å². The maximum absolute atomic E-state index is 10.9. The molecule has 1 amide bonds. The molecule has 2 rings (SSSR count). The summed E-state index contributed by atoms with van der Waals surface area (Å²) in [5, 5.41) is 0.642. The highest BCUT2D eigenvalue weighted by molar-refractivity contribution is 6.31. The normalized spacial score (nSPS) is 17.1. The molecule has 0 aromatic carbocycles. The molecule has 2 heterocycles. The standard InChI is InChI=1S/C13H20ClN5O/c14-10-1-2-13(18-16)17-11(10)8-19-5-3-9(4-6-19)7-12(15)20/h1-2,9H,3-8,16H2,(H2,15,20)(H,17,18). The monoisotopic (exact) mass is 297 g/mol. The summed E-state index contributed by atoms with van der Waals surface area (Å²) in [4.78, 5) is 17.6. The van der Waals surface area contributed by atoms with Crippen molar-refractivity contribution in [1.82, 2.24) is 9.88 Å². The number of primary amides is 1. The Bertz CT molecular complexity index is 474. The van der Waals surface area contributed by atoms with Gasteiger partial charge in [0.1, 0.15) is 5.82 Å². The highest BCUT2D eigenvalue weighted by Gasteiger charge is 2.21. The van der Waals surface area contributed by atoms with Gasteiger partial charge >= 0.3 is 0 Å². The number of carbonyl (C=O) groups is 1. The zero-order valence-electron chi connectivity index (χ0n) is 11.3. The third-order valence-electron chi connectivity index (χ3n) is 3.64. The van der Waals surface area contributed by atoms with Crippen molar-refractivity contribution < 1.29 is 4.79 Å². The minimum Gasteiger partial charge on any atom is -0.370 e. The number of anilines is 1. The predicted octanol–water partition coefficient (Wildman–Crippen LogP) is 1.11. The molecule has 0 spiro atoms. The molecule has 20 heavy (non-hydrogen) atoms. The van der Waals surface area contributed by atoms with E-state index in [0.29, 0.717) is 29.7 Å². The Morgan fingerprint density at radius 1 is 1.45 bits per heavy atom. The van der Waals surface area contributed by atoms with Crippen LogP contribution in [0.1, 0.15) is 25.0 Å². The lowest BCUT2D eigenvalue weighted by molar-refractivity contribution is -0.119. The number of rotatable bonds is 5. The van der Waals surface area contributed by atoms with E-state index in [2.05, 4.69) is 15.3 Å². The number of aromatic nitrogens is 1. The number of hydrazine groups is 1. The van der Waals surface area contributed by atoms with Crippen LogP contribution in [0.3, 0.4) is 0 Å². The Labute approximate surface area is 123 Å². The second-order valence-electron chi connectivity index (χ2n) is 5.16. The van der Waals surface area contributed by atoms with E-state index in [-0.39, 0.29) is 5.91 Å². The Hall–Kier alpha value is -1.37. The second kappa shape index (κ2) is 6.88. The summed E-state index contributed by atoms with van der Waals surface area (Å²) in [6.07, 6.45) is 2.45. The summed E-state index contributed by atoms with van der Waals surface area (Å²) < 4.78 is 0. The molecular weight excluding hydrogens is 278 g/mol. The van der Waals surface area contributed by atoms with Crippen molar-refractivity contribution in [3.8, 4) is 0 Å². The van der Waals surface area contributed by atoms with Crippen LogP contribution in [0.4, 0.5) is 5.82 Å². The molecule has 6 nitrogen and oxygen atoms in total. The highest BCUT2D eigenvalue weighted by Crippen LogP contribution is 2.23. The molecule has 1 aliphatic rings. The number of nitrogen functional groups attached to an aromatic ring is 1. The third-order valence-corrected chi connectivity index (χ3v) is 3.98. The lowest BCUT2D eigenvalue weighted by Crippen LogP contribution is -2.35. The zero-order valence-corrected chi connectivity index (χ0v) is 12.1. The molecule has 7 heteroatoms. The molecule has 1 saturated heterocycles. The first kappa shape index (κ1) is 15.0. The van der Waals surface area contributed by atoms with Crippen LogP contribution in [0.25, 0.3) is 0 Å². The first-order chi connectivity index (χ1) is 9.58. The summed E-state index contributed by atoms with van der Waals surface area (Å²) in [6.45, 7) is 2.55. The minimum absolute atomic E-state index is 0.213. The number of nitrogens with two attached hydrogens (primary N) is 2. The average molecular weight is 298 g/mol. The maximum atomic E-state index is 10.9. The predicted molar refractivity (Wildman–Crippen MR) is 78.9 cm³/mol. The molecule has 1 aliphatic heterocycles. The molecule has 0 saturated carbocycles. The number of amides is 1. The van der Waals surface area contributed by atoms with Crippen LogP contribution in [0.15, 0.2) is 12.1 Å². The van der Waals surface area contributed by atoms with Gasteiger partial charge in [-0.25, -0.2) is 10.8 Å². The lowest BCUT2D eigenvalue weighted by atomic mass is 9.93. The van der Waals surface area contributed by atoms with Crippen LogP contribution >= 0.6 is 11.6 Å². The average Bonchev–Trinajstić information content (AvgIpc) is 2.43. The van der Waals surface area contributed by atoms with Crippen molar-refractivity contribution in [2.24, 2.45) is 17.5 Å². The van der Waals surface area contributed by atoms with Gasteiger partial charge in [-0.15, -0.1) is 0 Å². The summed E-state index contributed by atoms with van der Waals surface area (Å²) in [5.74, 6) is 6.15. The quantitative estimate of drug-likeness (QED) is 0.559. The first-order valence-electron chi connectivity index (χ1n) is 6.71. The van der Waals surface area contributed by atoms with Gasteiger partial charge in [0.2, 0.25) is 5.91 Å². The molecule has 1 fully saturated rings. The fourth-order valence-corrected chi connectivity index (χ4v) is 2.69. The van der Waals surface area contributed by atoms with Crippen molar-refractivity contribution in [2.75, 3.05) is 18.5 Å². The summed E-state index contributed by atoms with van der Waals surface area (Å²) in [5.41, 5.74) is 8.57. The number of nitrogens with zero attached hydrogens (tertiary/aromatic N) is 2. The number of hydrogen-bond donors (Lipinski definition) is 3. The molecule has 0 aliphatic carbocycles. The summed E-state index contributed by atoms with van der Waals surface area (Å²) in [6, 6.07) is 3.53. The number of pyridine rings is 1. The Morgan fingerprint density at radius 2 is 2.15 bits per heavy atom. The fraction of sp³-hybridized carbons (Fsp3) is 0.538. The molecule has 5 N–H and O–H groups in total. The third kappa shape index (κ3) is 4.06. The molecule has 0 bridgehead atoms. The Morgan fingerprint density at radius 3 is 2.75 bits per heavy atom. The fourth-order valence-electron chi connectivity index (χ4n) is 2.52. The summed E-state index contributed by atoms with van der Waals surface area (Å²) in [7, 11) is 0. The molecule has 110 valence electrons. The van der Waals surface area contributed by atoms with Crippen LogP contribution in [-0.4, -0.2) is 28.9 Å². The first-order valence-corrected chi connectivity index (χ1v) is 7.09. The van der Waals surface area contributed by atoms with E-state index in [1.165, 1.54) is 0 Å². The van der Waals surface area contributed by atoms with E-state index in [1.54, 1.807) is 12.1 Å². The molecule has 0 radical (unpaired) electrons. The van der Waals surface area contributed by atoms with Gasteiger partial charge in [0.15, 0.2) is 0 Å². The van der Waals surface area contributed by atoms with Gasteiger partial charge in [0, 0.05) is 13.0 Å². The van der Waals surface area contributed by atoms with Crippen molar-refractivity contribution in [3.63, 3.8) is 0 Å². The highest BCUT2D eigenvalue weighted by atomic mass is 35.5. The lowest BCUT2D eigenvalue weighted by Gasteiger charge is -2.31. The van der Waals surface area contributed by atoms with E-state index in [0.717, 1.165) is 31.6 Å². The van der Waals surface area contributed by atoms with Crippen molar-refractivity contribution in [1.29, 1.82) is 0 Å². The van der Waals surface area contributed by atoms with Crippen molar-refractivity contribution >= 4 is 23.3 Å². The smallest absolute Gasteiger partial charge is 0.217 e. The topological polar surface area (TPSA) is 97.3 Å². The largest absolute Gasteiger partial charge is 0.370 e. The SMILES string of the molecule is NNc1ccc(Cl)c(CN2CCC(CC(N)=O)CC2)n1. The van der Waals surface area contributed by atoms with Gasteiger partial charge in [-0.2, -0.15) is 0 Å². The Balaban J connectivity index is 1.90. The molecular formula is C13H20ClN5O. The Kier molecular flexibility index (Phi) is 5.17.